The van der Waals surface area contributed by atoms with Gasteiger partial charge in [-0.1, -0.05) is 18.2 Å². The van der Waals surface area contributed by atoms with Crippen molar-refractivity contribution in [2.75, 3.05) is 19.6 Å². The molecule has 1 aliphatic heterocycles. The molecule has 3 rings (SSSR count). The van der Waals surface area contributed by atoms with E-state index in [-0.39, 0.29) is 43.8 Å². The van der Waals surface area contributed by atoms with E-state index in [4.69, 9.17) is 0 Å². The third kappa shape index (κ3) is 3.80. The zero-order valence-corrected chi connectivity index (χ0v) is 13.7. The molecule has 2 heterocycles. The van der Waals surface area contributed by atoms with Crippen LogP contribution in [0.3, 0.4) is 0 Å². The van der Waals surface area contributed by atoms with E-state index in [1.807, 2.05) is 0 Å². The van der Waals surface area contributed by atoms with E-state index in [1.165, 1.54) is 33.3 Å². The largest absolute Gasteiger partial charge is 0.389 e. The van der Waals surface area contributed by atoms with Crippen LogP contribution in [0.15, 0.2) is 41.8 Å². The van der Waals surface area contributed by atoms with Crippen molar-refractivity contribution in [1.82, 2.24) is 9.80 Å². The van der Waals surface area contributed by atoms with Gasteiger partial charge < -0.3 is 14.9 Å². The van der Waals surface area contributed by atoms with Crippen LogP contribution in [-0.2, 0) is 11.3 Å². The summed E-state index contributed by atoms with van der Waals surface area (Å²) < 4.78 is 13.3. The van der Waals surface area contributed by atoms with Crippen LogP contribution in [-0.4, -0.2) is 52.5 Å². The Morgan fingerprint density at radius 2 is 2.12 bits per heavy atom. The molecule has 7 heteroatoms. The van der Waals surface area contributed by atoms with Crippen molar-refractivity contribution in [3.63, 3.8) is 0 Å². The number of hydrogen-bond acceptors (Lipinski definition) is 4. The Balaban J connectivity index is 1.73. The number of carbonyl (C=O) groups is 2. The highest BCUT2D eigenvalue weighted by atomic mass is 32.1. The quantitative estimate of drug-likeness (QED) is 0.919. The average Bonchev–Trinajstić information content (AvgIpc) is 3.02. The first kappa shape index (κ1) is 16.6. The second-order valence-electron chi connectivity index (χ2n) is 5.72. The Hall–Kier alpha value is -2.25. The first-order chi connectivity index (χ1) is 11.5. The molecule has 1 aromatic carbocycles. The number of amides is 2. The van der Waals surface area contributed by atoms with E-state index >= 15 is 0 Å². The fraction of sp³-hybridized carbons (Fsp3) is 0.294. The minimum absolute atomic E-state index is 0.0941. The summed E-state index contributed by atoms with van der Waals surface area (Å²) in [6.07, 6.45) is -0.839. The molecule has 0 saturated carbocycles. The highest BCUT2D eigenvalue weighted by Crippen LogP contribution is 2.16. The lowest BCUT2D eigenvalue weighted by Crippen LogP contribution is -2.39. The Morgan fingerprint density at radius 1 is 1.29 bits per heavy atom. The number of nitrogens with zero attached hydrogens (tertiary/aromatic N) is 2. The van der Waals surface area contributed by atoms with Gasteiger partial charge in [-0.15, -0.1) is 11.3 Å². The van der Waals surface area contributed by atoms with Crippen molar-refractivity contribution < 1.29 is 19.1 Å². The van der Waals surface area contributed by atoms with Gasteiger partial charge in [0, 0.05) is 19.6 Å². The molecule has 0 bridgehead atoms. The van der Waals surface area contributed by atoms with Gasteiger partial charge in [0.1, 0.15) is 12.4 Å². The van der Waals surface area contributed by atoms with Crippen LogP contribution in [0, 0.1) is 5.82 Å². The lowest BCUT2D eigenvalue weighted by Gasteiger charge is -2.21. The summed E-state index contributed by atoms with van der Waals surface area (Å²) in [6.45, 7) is 0.323. The maximum absolute atomic E-state index is 13.3. The number of β-amino-alcohol motifs (C(OH)–C–C–N with tert-alkyl or cyclic N) is 1. The number of benzene rings is 1. The van der Waals surface area contributed by atoms with Crippen LogP contribution in [0.25, 0.3) is 0 Å². The molecular weight excluding hydrogens is 331 g/mol. The number of aliphatic hydroxyl groups is 1. The molecule has 2 amide bonds. The third-order valence-electron chi connectivity index (χ3n) is 3.82. The van der Waals surface area contributed by atoms with E-state index in [0.717, 1.165) is 0 Å². The zero-order valence-electron chi connectivity index (χ0n) is 12.9. The van der Waals surface area contributed by atoms with Gasteiger partial charge in [0.15, 0.2) is 0 Å². The van der Waals surface area contributed by atoms with Crippen molar-refractivity contribution in [2.24, 2.45) is 0 Å². The van der Waals surface area contributed by atoms with Gasteiger partial charge in [-0.3, -0.25) is 9.59 Å². The van der Waals surface area contributed by atoms with Crippen molar-refractivity contribution in [3.05, 3.63) is 58.0 Å². The minimum Gasteiger partial charge on any atom is -0.389 e. The van der Waals surface area contributed by atoms with Crippen LogP contribution in [0.1, 0.15) is 15.2 Å². The molecule has 1 saturated heterocycles. The fourth-order valence-electron chi connectivity index (χ4n) is 2.72. The summed E-state index contributed by atoms with van der Waals surface area (Å²) in [5.41, 5.74) is 0.647. The van der Waals surface area contributed by atoms with Crippen molar-refractivity contribution in [2.45, 2.75) is 12.6 Å². The molecule has 24 heavy (non-hydrogen) atoms. The van der Waals surface area contributed by atoms with Crippen LogP contribution in [0.5, 0.6) is 0 Å². The number of aliphatic hydroxyl groups excluding tert-OH is 1. The maximum Gasteiger partial charge on any atom is 0.264 e. The van der Waals surface area contributed by atoms with Gasteiger partial charge in [0.2, 0.25) is 5.91 Å². The first-order valence-corrected chi connectivity index (χ1v) is 8.44. The molecule has 0 aliphatic carbocycles. The van der Waals surface area contributed by atoms with Crippen molar-refractivity contribution in [1.29, 1.82) is 0 Å². The lowest BCUT2D eigenvalue weighted by atomic mass is 10.2. The predicted molar refractivity (Wildman–Crippen MR) is 88.0 cm³/mol. The van der Waals surface area contributed by atoms with E-state index in [1.54, 1.807) is 29.6 Å². The molecule has 0 radical (unpaired) electrons. The number of halogens is 1. The molecule has 0 spiro atoms. The molecule has 1 unspecified atom stereocenters. The highest BCUT2D eigenvalue weighted by molar-refractivity contribution is 7.12. The molecular formula is C17H17FN2O3S. The maximum atomic E-state index is 13.3. The molecule has 1 aromatic heterocycles. The molecule has 126 valence electrons. The number of rotatable bonds is 3. The second kappa shape index (κ2) is 7.11. The summed E-state index contributed by atoms with van der Waals surface area (Å²) in [7, 11) is 0. The van der Waals surface area contributed by atoms with Crippen LogP contribution in [0.4, 0.5) is 4.39 Å². The molecule has 1 atom stereocenters. The first-order valence-electron chi connectivity index (χ1n) is 7.56. The second-order valence-corrected chi connectivity index (χ2v) is 6.67. The van der Waals surface area contributed by atoms with E-state index < -0.39 is 6.10 Å². The SMILES string of the molecule is O=C1CN(C(=O)c2cccs2)CC(O)CN1Cc1cccc(F)c1. The average molecular weight is 348 g/mol. The molecule has 5 nitrogen and oxygen atoms in total. The summed E-state index contributed by atoms with van der Waals surface area (Å²) in [4.78, 5) is 28.2. The molecule has 1 N–H and O–H groups in total. The number of carbonyl (C=O) groups excluding carboxylic acids is 2. The van der Waals surface area contributed by atoms with Crippen LogP contribution >= 0.6 is 11.3 Å². The minimum atomic E-state index is -0.839. The topological polar surface area (TPSA) is 60.9 Å². The lowest BCUT2D eigenvalue weighted by molar-refractivity contribution is -0.131. The Bertz CT molecular complexity index is 735. The monoisotopic (exact) mass is 348 g/mol. The van der Waals surface area contributed by atoms with Gasteiger partial charge in [0.25, 0.3) is 5.91 Å². The number of hydrogen-bond donors (Lipinski definition) is 1. The normalized spacial score (nSPS) is 18.6. The standard InChI is InChI=1S/C17H17FN2O3S/c18-13-4-1-3-12(7-13)8-19-9-14(21)10-20(11-16(19)22)17(23)15-5-2-6-24-15/h1-7,14,21H,8-11H2. The summed E-state index contributed by atoms with van der Waals surface area (Å²) >= 11 is 1.30. The third-order valence-corrected chi connectivity index (χ3v) is 4.68. The molecule has 1 fully saturated rings. The van der Waals surface area contributed by atoms with Crippen molar-refractivity contribution in [3.8, 4) is 0 Å². The van der Waals surface area contributed by atoms with Crippen LogP contribution in [0.2, 0.25) is 0 Å². The summed E-state index contributed by atoms with van der Waals surface area (Å²) in [6, 6.07) is 9.46. The number of thiophene rings is 1. The Kier molecular flexibility index (Phi) is 4.92. The zero-order chi connectivity index (χ0) is 17.1. The van der Waals surface area contributed by atoms with E-state index in [9.17, 15) is 19.1 Å². The smallest absolute Gasteiger partial charge is 0.264 e. The van der Waals surface area contributed by atoms with Gasteiger partial charge in [-0.2, -0.15) is 0 Å². The molecule has 1 aliphatic rings. The highest BCUT2D eigenvalue weighted by Gasteiger charge is 2.30. The van der Waals surface area contributed by atoms with Gasteiger partial charge >= 0.3 is 0 Å². The van der Waals surface area contributed by atoms with Crippen molar-refractivity contribution >= 4 is 23.2 Å². The van der Waals surface area contributed by atoms with Gasteiger partial charge in [0.05, 0.1) is 11.0 Å². The van der Waals surface area contributed by atoms with E-state index in [0.29, 0.717) is 10.4 Å². The van der Waals surface area contributed by atoms with Crippen LogP contribution < -0.4 is 0 Å². The van der Waals surface area contributed by atoms with E-state index in [2.05, 4.69) is 0 Å². The Labute approximate surface area is 142 Å². The summed E-state index contributed by atoms with van der Waals surface area (Å²) in [5, 5.41) is 12.0. The molecule has 2 aromatic rings. The van der Waals surface area contributed by atoms with Gasteiger partial charge in [-0.05, 0) is 29.1 Å². The Morgan fingerprint density at radius 3 is 2.83 bits per heavy atom. The fourth-order valence-corrected chi connectivity index (χ4v) is 3.41. The van der Waals surface area contributed by atoms with Gasteiger partial charge in [-0.25, -0.2) is 4.39 Å². The predicted octanol–water partition coefficient (Wildman–Crippen LogP) is 1.73. The summed E-state index contributed by atoms with van der Waals surface area (Å²) in [5.74, 6) is -0.893.